The van der Waals surface area contributed by atoms with Crippen molar-refractivity contribution in [3.05, 3.63) is 89.5 Å². The van der Waals surface area contributed by atoms with Crippen LogP contribution in [0.25, 0.3) is 0 Å². The maximum atomic E-state index is 14.1. The number of halogens is 3. The van der Waals surface area contributed by atoms with Crippen molar-refractivity contribution < 1.29 is 25.2 Å². The van der Waals surface area contributed by atoms with E-state index in [0.717, 1.165) is 16.7 Å². The Bertz CT molecular complexity index is 1340. The topological polar surface area (TPSA) is 43.4 Å². The Labute approximate surface area is 233 Å². The van der Waals surface area contributed by atoms with Crippen molar-refractivity contribution in [3.8, 4) is 0 Å². The van der Waals surface area contributed by atoms with Crippen molar-refractivity contribution >= 4 is 20.4 Å². The van der Waals surface area contributed by atoms with Crippen molar-refractivity contribution in [2.24, 2.45) is 0 Å². The number of hydrogen-bond acceptors (Lipinski definition) is 3. The first kappa shape index (κ1) is 31.2. The summed E-state index contributed by atoms with van der Waals surface area (Å²) in [6.45, 7) is 18.2. The number of benzene rings is 3. The molecule has 39 heavy (non-hydrogen) atoms. The highest BCUT2D eigenvalue weighted by atomic mass is 32.3. The third-order valence-corrected chi connectivity index (χ3v) is 11.5. The third kappa shape index (κ3) is 6.23. The van der Waals surface area contributed by atoms with E-state index in [1.807, 2.05) is 53.7 Å². The van der Waals surface area contributed by atoms with Crippen LogP contribution in [-0.2, 0) is 30.0 Å². The second kappa shape index (κ2) is 10.3. The van der Waals surface area contributed by atoms with Crippen LogP contribution in [0.1, 0.15) is 79.0 Å². The molecular formula is C31H39F3O3S2. The first-order chi connectivity index (χ1) is 17.6. The molecule has 0 saturated heterocycles. The van der Waals surface area contributed by atoms with Gasteiger partial charge in [-0.1, -0.05) is 111 Å². The Morgan fingerprint density at radius 3 is 1.23 bits per heavy atom. The molecule has 214 valence electrons. The van der Waals surface area contributed by atoms with Crippen LogP contribution in [0.3, 0.4) is 0 Å². The van der Waals surface area contributed by atoms with Gasteiger partial charge in [0.15, 0.2) is 0 Å². The molecule has 0 unspecified atom stereocenters. The summed E-state index contributed by atoms with van der Waals surface area (Å²) >= 11 is 0. The van der Waals surface area contributed by atoms with E-state index < -0.39 is 36.8 Å². The van der Waals surface area contributed by atoms with Gasteiger partial charge in [-0.3, -0.25) is 0 Å². The largest absolute Gasteiger partial charge is 0.524 e. The number of alkyl halides is 3. The van der Waals surface area contributed by atoms with E-state index in [1.165, 1.54) is 0 Å². The van der Waals surface area contributed by atoms with E-state index in [9.17, 15) is 21.6 Å². The van der Waals surface area contributed by atoms with Gasteiger partial charge in [-0.2, -0.15) is 25.2 Å². The van der Waals surface area contributed by atoms with Gasteiger partial charge in [-0.15, -0.1) is 0 Å². The average Bonchev–Trinajstić information content (AvgIpc) is 2.80. The molecular weight excluding hydrogens is 541 g/mol. The first-order valence-electron chi connectivity index (χ1n) is 12.8. The summed E-state index contributed by atoms with van der Waals surface area (Å²) in [5.41, 5.74) is -4.50. The Balaban J connectivity index is 2.75. The molecule has 0 aliphatic rings. The van der Waals surface area contributed by atoms with E-state index in [2.05, 4.69) is 20.8 Å². The molecule has 0 radical (unpaired) electrons. The molecule has 0 aromatic heterocycles. The van der Waals surface area contributed by atoms with E-state index in [4.69, 9.17) is 3.63 Å². The minimum Gasteiger partial charge on any atom is -0.200 e. The predicted molar refractivity (Wildman–Crippen MR) is 154 cm³/mol. The van der Waals surface area contributed by atoms with Crippen molar-refractivity contribution in [3.63, 3.8) is 0 Å². The van der Waals surface area contributed by atoms with Crippen LogP contribution in [-0.4, -0.2) is 13.9 Å². The molecule has 0 fully saturated rings. The maximum Gasteiger partial charge on any atom is 0.524 e. The van der Waals surface area contributed by atoms with E-state index in [0.29, 0.717) is 14.7 Å². The molecule has 0 atom stereocenters. The molecule has 0 aliphatic carbocycles. The van der Waals surface area contributed by atoms with Gasteiger partial charge in [0.05, 0.1) is 0 Å². The molecule has 0 aliphatic heterocycles. The molecule has 3 aromatic carbocycles. The van der Waals surface area contributed by atoms with Crippen LogP contribution in [0.5, 0.6) is 0 Å². The molecule has 0 bridgehead atoms. The molecule has 3 rings (SSSR count). The van der Waals surface area contributed by atoms with Crippen LogP contribution in [0.2, 0.25) is 0 Å². The summed E-state index contributed by atoms with van der Waals surface area (Å²) in [4.78, 5) is 1.22. The van der Waals surface area contributed by atoms with E-state index in [-0.39, 0.29) is 5.41 Å². The molecule has 0 amide bonds. The summed E-state index contributed by atoms with van der Waals surface area (Å²) in [6, 6.07) is 20.9. The Kier molecular flexibility index (Phi) is 8.23. The second-order valence-corrected chi connectivity index (χ2v) is 17.2. The van der Waals surface area contributed by atoms with E-state index in [1.54, 1.807) is 60.7 Å². The minimum absolute atomic E-state index is 0.269. The van der Waals surface area contributed by atoms with Gasteiger partial charge in [0.25, 0.3) is 0 Å². The summed E-state index contributed by atoms with van der Waals surface area (Å²) < 4.78 is 74.0. The smallest absolute Gasteiger partial charge is 0.200 e. The fourth-order valence-electron chi connectivity index (χ4n) is 4.37. The molecule has 3 aromatic rings. The van der Waals surface area contributed by atoms with Gasteiger partial charge in [0.1, 0.15) is 0 Å². The summed E-state index contributed by atoms with van der Waals surface area (Å²) in [5.74, 6) is 0. The standard InChI is InChI=1S/C31H39F3O3S2/c1-28(2,3)22-20-25(29(4,5)6)27(26(21-22)30(7,8)9)38(23-16-12-10-13-17-23,24-18-14-11-15-19-24)37-39(35,36)31(32,33)34/h10-21H,1-9H3. The van der Waals surface area contributed by atoms with Crippen LogP contribution >= 0.6 is 10.3 Å². The van der Waals surface area contributed by atoms with Crippen molar-refractivity contribution in [1.29, 1.82) is 0 Å². The lowest BCUT2D eigenvalue weighted by Crippen LogP contribution is -2.30. The monoisotopic (exact) mass is 580 g/mol. The van der Waals surface area contributed by atoms with Crippen LogP contribution < -0.4 is 0 Å². The zero-order chi connectivity index (χ0) is 29.7. The predicted octanol–water partition coefficient (Wildman–Crippen LogP) is 9.64. The lowest BCUT2D eigenvalue weighted by molar-refractivity contribution is -0.0496. The summed E-state index contributed by atoms with van der Waals surface area (Å²) in [6.07, 6.45) is 0. The Hall–Kier alpha value is -2.29. The van der Waals surface area contributed by atoms with Crippen LogP contribution in [0, 0.1) is 0 Å². The molecule has 0 saturated carbocycles. The fourth-order valence-corrected chi connectivity index (χ4v) is 9.83. The van der Waals surface area contributed by atoms with E-state index >= 15 is 0 Å². The van der Waals surface area contributed by atoms with Crippen LogP contribution in [0.15, 0.2) is 87.5 Å². The summed E-state index contributed by atoms with van der Waals surface area (Å²) in [7, 11) is -9.50. The molecule has 0 heterocycles. The lowest BCUT2D eigenvalue weighted by atomic mass is 9.75. The second-order valence-electron chi connectivity index (χ2n) is 12.8. The zero-order valence-corrected chi connectivity index (χ0v) is 25.7. The molecule has 0 N–H and O–H groups in total. The lowest BCUT2D eigenvalue weighted by Gasteiger charge is -2.46. The quantitative estimate of drug-likeness (QED) is 0.282. The number of hydrogen-bond donors (Lipinski definition) is 0. The highest BCUT2D eigenvalue weighted by molar-refractivity contribution is 8.33. The van der Waals surface area contributed by atoms with Gasteiger partial charge in [0, 0.05) is 14.7 Å². The summed E-state index contributed by atoms with van der Waals surface area (Å²) in [5, 5.41) is 0. The third-order valence-electron chi connectivity index (χ3n) is 6.48. The molecule has 3 nitrogen and oxygen atoms in total. The highest BCUT2D eigenvalue weighted by Crippen LogP contribution is 2.73. The average molecular weight is 581 g/mol. The zero-order valence-electron chi connectivity index (χ0n) is 24.1. The minimum atomic E-state index is -6.03. The van der Waals surface area contributed by atoms with Gasteiger partial charge < -0.3 is 0 Å². The van der Waals surface area contributed by atoms with Crippen molar-refractivity contribution in [1.82, 2.24) is 0 Å². The SMILES string of the molecule is CC(C)(C)c1cc(C(C)(C)C)c(S(OS(=O)(=O)C(F)(F)F)(c2ccccc2)c2ccccc2)c(C(C)(C)C)c1. The highest BCUT2D eigenvalue weighted by Gasteiger charge is 2.54. The first-order valence-corrected chi connectivity index (χ1v) is 15.7. The Morgan fingerprint density at radius 1 is 0.590 bits per heavy atom. The van der Waals surface area contributed by atoms with Crippen molar-refractivity contribution in [2.75, 3.05) is 0 Å². The normalized spacial score (nSPS) is 14.4. The molecule has 0 spiro atoms. The van der Waals surface area contributed by atoms with Gasteiger partial charge in [0.2, 0.25) is 0 Å². The maximum absolute atomic E-state index is 14.1. The number of rotatable bonds is 5. The molecule has 8 heteroatoms. The fraction of sp³-hybridized carbons (Fsp3) is 0.419. The van der Waals surface area contributed by atoms with Crippen molar-refractivity contribution in [2.45, 2.75) is 98.8 Å². The van der Waals surface area contributed by atoms with Gasteiger partial charge in [-0.25, -0.2) is 0 Å². The van der Waals surface area contributed by atoms with Crippen LogP contribution in [0.4, 0.5) is 13.2 Å². The Morgan fingerprint density at radius 2 is 0.949 bits per heavy atom. The van der Waals surface area contributed by atoms with Gasteiger partial charge >= 0.3 is 15.6 Å². The van der Waals surface area contributed by atoms with Gasteiger partial charge in [-0.05, 0) is 67.5 Å².